The molecule has 0 spiro atoms. The summed E-state index contributed by atoms with van der Waals surface area (Å²) in [4.78, 5) is 14.0. The second-order valence-electron chi connectivity index (χ2n) is 3.74. The predicted molar refractivity (Wildman–Crippen MR) is 62.5 cm³/mol. The van der Waals surface area contributed by atoms with Crippen LogP contribution in [-0.4, -0.2) is 16.1 Å². The van der Waals surface area contributed by atoms with Gasteiger partial charge < -0.3 is 10.1 Å². The van der Waals surface area contributed by atoms with Crippen LogP contribution in [-0.2, 0) is 6.42 Å². The molecule has 3 nitrogen and oxygen atoms in total. The zero-order valence-electron chi connectivity index (χ0n) is 9.33. The number of carbonyl (C=O) groups is 1. The number of nitrogens with one attached hydrogen (secondary N) is 1. The van der Waals surface area contributed by atoms with Gasteiger partial charge >= 0.3 is 5.97 Å². The van der Waals surface area contributed by atoms with Gasteiger partial charge in [-0.2, -0.15) is 0 Å². The summed E-state index contributed by atoms with van der Waals surface area (Å²) in [5, 5.41) is 9.02. The highest BCUT2D eigenvalue weighted by Crippen LogP contribution is 2.22. The largest absolute Gasteiger partial charge is 0.478 e. The van der Waals surface area contributed by atoms with Crippen molar-refractivity contribution >= 4 is 5.97 Å². The fourth-order valence-electron chi connectivity index (χ4n) is 1.75. The van der Waals surface area contributed by atoms with Crippen LogP contribution in [0.25, 0.3) is 11.3 Å². The van der Waals surface area contributed by atoms with Crippen molar-refractivity contribution in [3.8, 4) is 11.3 Å². The summed E-state index contributed by atoms with van der Waals surface area (Å²) in [6.45, 7) is 1.88. The molecule has 2 aromatic rings. The third kappa shape index (κ3) is 2.20. The highest BCUT2D eigenvalue weighted by molar-refractivity contribution is 5.91. The molecule has 0 saturated carbocycles. The first-order valence-electron chi connectivity index (χ1n) is 5.33. The molecule has 0 aliphatic rings. The van der Waals surface area contributed by atoms with Gasteiger partial charge in [0.25, 0.3) is 0 Å². The molecule has 0 aliphatic carbocycles. The Bertz CT molecular complexity index is 543. The summed E-state index contributed by atoms with van der Waals surface area (Å²) < 4.78 is 12.8. The number of rotatable bonds is 3. The number of carboxylic acids is 1. The van der Waals surface area contributed by atoms with Crippen molar-refractivity contribution in [2.24, 2.45) is 0 Å². The first-order valence-corrected chi connectivity index (χ1v) is 5.33. The van der Waals surface area contributed by atoms with Crippen molar-refractivity contribution in [2.75, 3.05) is 0 Å². The lowest BCUT2D eigenvalue weighted by atomic mass is 10.1. The maximum absolute atomic E-state index is 12.8. The molecule has 1 aromatic carbocycles. The van der Waals surface area contributed by atoms with Crippen LogP contribution in [0.1, 0.15) is 23.0 Å². The molecule has 0 fully saturated rings. The molecule has 0 unspecified atom stereocenters. The van der Waals surface area contributed by atoms with E-state index in [1.807, 2.05) is 6.92 Å². The van der Waals surface area contributed by atoms with Crippen molar-refractivity contribution in [1.29, 1.82) is 0 Å². The summed E-state index contributed by atoms with van der Waals surface area (Å²) in [5.74, 6) is -1.26. The summed E-state index contributed by atoms with van der Waals surface area (Å²) in [5.41, 5.74) is 2.41. The van der Waals surface area contributed by atoms with E-state index in [2.05, 4.69) is 4.98 Å². The lowest BCUT2D eigenvalue weighted by molar-refractivity contribution is 0.0696. The zero-order chi connectivity index (χ0) is 12.4. The molecule has 0 atom stereocenters. The van der Waals surface area contributed by atoms with Crippen LogP contribution < -0.4 is 0 Å². The molecule has 2 rings (SSSR count). The Kier molecular flexibility index (Phi) is 2.95. The molecule has 0 saturated heterocycles. The summed E-state index contributed by atoms with van der Waals surface area (Å²) in [7, 11) is 0. The van der Waals surface area contributed by atoms with Gasteiger partial charge in [-0.1, -0.05) is 6.92 Å². The van der Waals surface area contributed by atoms with Crippen LogP contribution in [0.4, 0.5) is 4.39 Å². The van der Waals surface area contributed by atoms with Gasteiger partial charge in [0.2, 0.25) is 0 Å². The summed E-state index contributed by atoms with van der Waals surface area (Å²) >= 11 is 0. The van der Waals surface area contributed by atoms with E-state index in [0.29, 0.717) is 17.8 Å². The molecule has 1 heterocycles. The van der Waals surface area contributed by atoms with Crippen molar-refractivity contribution in [3.63, 3.8) is 0 Å². The Hall–Kier alpha value is -2.10. The van der Waals surface area contributed by atoms with Crippen LogP contribution in [0.2, 0.25) is 0 Å². The monoisotopic (exact) mass is 233 g/mol. The molecular weight excluding hydrogens is 221 g/mol. The zero-order valence-corrected chi connectivity index (χ0v) is 9.33. The fourth-order valence-corrected chi connectivity index (χ4v) is 1.75. The van der Waals surface area contributed by atoms with Gasteiger partial charge in [0.15, 0.2) is 0 Å². The molecule has 4 heteroatoms. The Labute approximate surface area is 97.9 Å². The molecule has 0 amide bonds. The number of aromatic amines is 1. The summed E-state index contributed by atoms with van der Waals surface area (Å²) in [6.07, 6.45) is 0.614. The van der Waals surface area contributed by atoms with Crippen LogP contribution >= 0.6 is 0 Å². The summed E-state index contributed by atoms with van der Waals surface area (Å²) in [6, 6.07) is 7.51. The minimum atomic E-state index is -0.952. The molecular formula is C13H12FNO2. The van der Waals surface area contributed by atoms with E-state index < -0.39 is 5.97 Å². The molecule has 2 N–H and O–H groups in total. The van der Waals surface area contributed by atoms with E-state index in [9.17, 15) is 9.18 Å². The van der Waals surface area contributed by atoms with Gasteiger partial charge in [-0.05, 0) is 42.3 Å². The number of aryl methyl sites for hydroxylation is 1. The van der Waals surface area contributed by atoms with Crippen molar-refractivity contribution in [2.45, 2.75) is 13.3 Å². The predicted octanol–water partition coefficient (Wildman–Crippen LogP) is 3.08. The molecule has 88 valence electrons. The maximum Gasteiger partial charge on any atom is 0.337 e. The van der Waals surface area contributed by atoms with E-state index in [-0.39, 0.29) is 11.4 Å². The van der Waals surface area contributed by atoms with E-state index in [1.165, 1.54) is 12.1 Å². The number of hydrogen-bond acceptors (Lipinski definition) is 1. The lowest BCUT2D eigenvalue weighted by Crippen LogP contribution is -1.98. The van der Waals surface area contributed by atoms with E-state index in [1.54, 1.807) is 18.2 Å². The van der Waals surface area contributed by atoms with Gasteiger partial charge in [-0.3, -0.25) is 0 Å². The topological polar surface area (TPSA) is 53.1 Å². The molecule has 17 heavy (non-hydrogen) atoms. The normalized spacial score (nSPS) is 10.5. The third-order valence-electron chi connectivity index (χ3n) is 2.64. The first-order chi connectivity index (χ1) is 8.11. The average molecular weight is 233 g/mol. The van der Waals surface area contributed by atoms with Crippen molar-refractivity contribution in [1.82, 2.24) is 4.98 Å². The molecule has 0 radical (unpaired) electrons. The van der Waals surface area contributed by atoms with Crippen LogP contribution in [0.5, 0.6) is 0 Å². The van der Waals surface area contributed by atoms with Gasteiger partial charge in [-0.15, -0.1) is 0 Å². The number of halogens is 1. The molecule has 1 aromatic heterocycles. The SMILES string of the molecule is CCc1[nH]c(-c2ccc(F)cc2)cc1C(=O)O. The Balaban J connectivity index is 2.46. The number of hydrogen-bond donors (Lipinski definition) is 2. The first kappa shape index (κ1) is 11.4. The van der Waals surface area contributed by atoms with E-state index in [4.69, 9.17) is 5.11 Å². The standard InChI is InChI=1S/C13H12FNO2/c1-2-11-10(13(16)17)7-12(15-11)8-3-5-9(14)6-4-8/h3-7,15H,2H2,1H3,(H,16,17). The van der Waals surface area contributed by atoms with Gasteiger partial charge in [0.1, 0.15) is 5.82 Å². The Morgan fingerprint density at radius 3 is 2.47 bits per heavy atom. The van der Waals surface area contributed by atoms with Gasteiger partial charge in [0.05, 0.1) is 5.56 Å². The minimum absolute atomic E-state index is 0.270. The van der Waals surface area contributed by atoms with Gasteiger partial charge in [-0.25, -0.2) is 9.18 Å². The molecule has 0 bridgehead atoms. The highest BCUT2D eigenvalue weighted by atomic mass is 19.1. The number of aromatic carboxylic acids is 1. The van der Waals surface area contributed by atoms with Crippen LogP contribution in [0.15, 0.2) is 30.3 Å². The van der Waals surface area contributed by atoms with Crippen LogP contribution in [0.3, 0.4) is 0 Å². The Morgan fingerprint density at radius 2 is 2.00 bits per heavy atom. The van der Waals surface area contributed by atoms with Crippen molar-refractivity contribution < 1.29 is 14.3 Å². The quantitative estimate of drug-likeness (QED) is 0.855. The third-order valence-corrected chi connectivity index (χ3v) is 2.64. The highest BCUT2D eigenvalue weighted by Gasteiger charge is 2.13. The smallest absolute Gasteiger partial charge is 0.337 e. The second-order valence-corrected chi connectivity index (χ2v) is 3.74. The second kappa shape index (κ2) is 4.41. The Morgan fingerprint density at radius 1 is 1.35 bits per heavy atom. The van der Waals surface area contributed by atoms with E-state index >= 15 is 0 Å². The van der Waals surface area contributed by atoms with Crippen LogP contribution in [0, 0.1) is 5.82 Å². The average Bonchev–Trinajstić information content (AvgIpc) is 2.74. The van der Waals surface area contributed by atoms with Gasteiger partial charge in [0, 0.05) is 11.4 Å². The maximum atomic E-state index is 12.8. The van der Waals surface area contributed by atoms with Crippen molar-refractivity contribution in [3.05, 3.63) is 47.4 Å². The number of benzene rings is 1. The lowest BCUT2D eigenvalue weighted by Gasteiger charge is -1.97. The number of carboxylic acid groups (broad SMARTS) is 1. The minimum Gasteiger partial charge on any atom is -0.478 e. The fraction of sp³-hybridized carbons (Fsp3) is 0.154. The van der Waals surface area contributed by atoms with E-state index in [0.717, 1.165) is 5.56 Å². The number of H-pyrrole nitrogens is 1. The number of aromatic nitrogens is 1. The molecule has 0 aliphatic heterocycles.